The maximum atomic E-state index is 13.2. The van der Waals surface area contributed by atoms with Gasteiger partial charge in [-0.25, -0.2) is 13.4 Å². The number of benzene rings is 1. The van der Waals surface area contributed by atoms with Gasteiger partial charge in [-0.1, -0.05) is 0 Å². The SMILES string of the molecule is COc1ccc(OC)c(S(=O)(=O)N2CCN(c3ccc(-n4ccnc4C)nn3)CC2)c1. The fraction of sp³-hybridized carbons (Fsp3) is 0.350. The first-order valence-electron chi connectivity index (χ1n) is 9.75. The Morgan fingerprint density at radius 3 is 2.23 bits per heavy atom. The molecule has 164 valence electrons. The minimum Gasteiger partial charge on any atom is -0.497 e. The molecule has 0 aliphatic carbocycles. The van der Waals surface area contributed by atoms with E-state index in [1.165, 1.54) is 24.6 Å². The molecule has 0 saturated carbocycles. The molecule has 3 aromatic rings. The fourth-order valence-corrected chi connectivity index (χ4v) is 5.11. The van der Waals surface area contributed by atoms with Crippen LogP contribution in [-0.2, 0) is 10.0 Å². The van der Waals surface area contributed by atoms with E-state index in [4.69, 9.17) is 9.47 Å². The fourth-order valence-electron chi connectivity index (χ4n) is 3.52. The summed E-state index contributed by atoms with van der Waals surface area (Å²) in [6.45, 7) is 3.55. The predicted molar refractivity (Wildman–Crippen MR) is 114 cm³/mol. The molecular formula is C20H24N6O4S. The summed E-state index contributed by atoms with van der Waals surface area (Å²) in [6, 6.07) is 8.52. The van der Waals surface area contributed by atoms with E-state index in [0.717, 1.165) is 5.82 Å². The van der Waals surface area contributed by atoms with Crippen LogP contribution in [0.25, 0.3) is 5.82 Å². The van der Waals surface area contributed by atoms with Gasteiger partial charge in [0.15, 0.2) is 11.6 Å². The van der Waals surface area contributed by atoms with Crippen LogP contribution in [0.15, 0.2) is 47.6 Å². The summed E-state index contributed by atoms with van der Waals surface area (Å²) in [4.78, 5) is 6.31. The number of sulfonamides is 1. The highest BCUT2D eigenvalue weighted by molar-refractivity contribution is 7.89. The van der Waals surface area contributed by atoms with Crippen LogP contribution in [0, 0.1) is 6.92 Å². The third-order valence-electron chi connectivity index (χ3n) is 5.26. The maximum absolute atomic E-state index is 13.2. The largest absolute Gasteiger partial charge is 0.497 e. The van der Waals surface area contributed by atoms with E-state index in [-0.39, 0.29) is 4.90 Å². The van der Waals surface area contributed by atoms with Crippen molar-refractivity contribution in [3.63, 3.8) is 0 Å². The third kappa shape index (κ3) is 4.06. The van der Waals surface area contributed by atoms with Gasteiger partial charge in [-0.05, 0) is 31.2 Å². The molecule has 1 aliphatic rings. The van der Waals surface area contributed by atoms with Crippen LogP contribution in [-0.4, -0.2) is 72.9 Å². The molecule has 0 bridgehead atoms. The van der Waals surface area contributed by atoms with Crippen LogP contribution in [0.1, 0.15) is 5.82 Å². The number of imidazole rings is 1. The van der Waals surface area contributed by atoms with Gasteiger partial charge in [0, 0.05) is 44.6 Å². The van der Waals surface area contributed by atoms with Crippen molar-refractivity contribution in [2.75, 3.05) is 45.3 Å². The number of piperazine rings is 1. The normalized spacial score (nSPS) is 15.1. The molecule has 31 heavy (non-hydrogen) atoms. The Kier molecular flexibility index (Phi) is 5.79. The number of rotatable bonds is 6. The minimum atomic E-state index is -3.73. The molecule has 11 heteroatoms. The Bertz CT molecular complexity index is 1150. The van der Waals surface area contributed by atoms with Gasteiger partial charge in [0.2, 0.25) is 10.0 Å². The zero-order valence-electron chi connectivity index (χ0n) is 17.6. The van der Waals surface area contributed by atoms with Crippen molar-refractivity contribution in [2.24, 2.45) is 0 Å². The summed E-state index contributed by atoms with van der Waals surface area (Å²) in [5.41, 5.74) is 0. The Morgan fingerprint density at radius 2 is 1.65 bits per heavy atom. The summed E-state index contributed by atoms with van der Waals surface area (Å²) in [6.07, 6.45) is 3.54. The number of anilines is 1. The second-order valence-electron chi connectivity index (χ2n) is 7.00. The Morgan fingerprint density at radius 1 is 0.935 bits per heavy atom. The molecule has 1 saturated heterocycles. The van der Waals surface area contributed by atoms with Crippen molar-refractivity contribution in [3.05, 3.63) is 48.5 Å². The first-order valence-corrected chi connectivity index (χ1v) is 11.2. The summed E-state index contributed by atoms with van der Waals surface area (Å²) >= 11 is 0. The zero-order valence-corrected chi connectivity index (χ0v) is 18.4. The highest BCUT2D eigenvalue weighted by atomic mass is 32.2. The third-order valence-corrected chi connectivity index (χ3v) is 7.18. The number of hydrogen-bond donors (Lipinski definition) is 0. The summed E-state index contributed by atoms with van der Waals surface area (Å²) < 4.78 is 40.2. The average Bonchev–Trinajstić information content (AvgIpc) is 3.24. The molecule has 1 fully saturated rings. The smallest absolute Gasteiger partial charge is 0.247 e. The van der Waals surface area contributed by atoms with E-state index >= 15 is 0 Å². The Labute approximate surface area is 181 Å². The van der Waals surface area contributed by atoms with Crippen molar-refractivity contribution in [2.45, 2.75) is 11.8 Å². The molecule has 0 atom stereocenters. The summed E-state index contributed by atoms with van der Waals surface area (Å²) in [7, 11) is -0.781. The van der Waals surface area contributed by atoms with E-state index in [0.29, 0.717) is 49.3 Å². The lowest BCUT2D eigenvalue weighted by Crippen LogP contribution is -2.49. The monoisotopic (exact) mass is 444 g/mol. The molecule has 0 amide bonds. The number of aromatic nitrogens is 4. The van der Waals surface area contributed by atoms with Crippen molar-refractivity contribution < 1.29 is 17.9 Å². The lowest BCUT2D eigenvalue weighted by molar-refractivity contribution is 0.370. The van der Waals surface area contributed by atoms with Crippen molar-refractivity contribution in [1.29, 1.82) is 0 Å². The van der Waals surface area contributed by atoms with Crippen LogP contribution in [0.4, 0.5) is 5.82 Å². The first kappa shape index (κ1) is 21.1. The van der Waals surface area contributed by atoms with Gasteiger partial charge in [0.1, 0.15) is 22.2 Å². The van der Waals surface area contributed by atoms with Crippen molar-refractivity contribution in [3.8, 4) is 17.3 Å². The van der Waals surface area contributed by atoms with Gasteiger partial charge < -0.3 is 14.4 Å². The Balaban J connectivity index is 1.48. The molecule has 0 N–H and O–H groups in total. The lowest BCUT2D eigenvalue weighted by Gasteiger charge is -2.34. The van der Waals surface area contributed by atoms with E-state index in [9.17, 15) is 8.42 Å². The molecule has 0 spiro atoms. The van der Waals surface area contributed by atoms with Gasteiger partial charge in [-0.3, -0.25) is 4.57 Å². The van der Waals surface area contributed by atoms with Crippen molar-refractivity contribution >= 4 is 15.8 Å². The predicted octanol–water partition coefficient (Wildman–Crippen LogP) is 1.50. The summed E-state index contributed by atoms with van der Waals surface area (Å²) in [5.74, 6) is 2.97. The van der Waals surface area contributed by atoms with E-state index < -0.39 is 10.0 Å². The van der Waals surface area contributed by atoms with Crippen LogP contribution in [0.2, 0.25) is 0 Å². The highest BCUT2D eigenvalue weighted by Gasteiger charge is 2.31. The van der Waals surface area contributed by atoms with Crippen molar-refractivity contribution in [1.82, 2.24) is 24.1 Å². The van der Waals surface area contributed by atoms with Crippen LogP contribution >= 0.6 is 0 Å². The van der Waals surface area contributed by atoms with Crippen LogP contribution < -0.4 is 14.4 Å². The molecule has 1 aliphatic heterocycles. The summed E-state index contributed by atoms with van der Waals surface area (Å²) in [5, 5.41) is 8.60. The van der Waals surface area contributed by atoms with Crippen LogP contribution in [0.5, 0.6) is 11.5 Å². The molecule has 0 unspecified atom stereocenters. The number of nitrogens with zero attached hydrogens (tertiary/aromatic N) is 6. The minimum absolute atomic E-state index is 0.0997. The molecule has 3 heterocycles. The van der Waals surface area contributed by atoms with E-state index in [1.807, 2.05) is 34.7 Å². The first-order chi connectivity index (χ1) is 14.9. The quantitative estimate of drug-likeness (QED) is 0.564. The van der Waals surface area contributed by atoms with E-state index in [1.54, 1.807) is 18.3 Å². The van der Waals surface area contributed by atoms with E-state index in [2.05, 4.69) is 15.2 Å². The molecule has 10 nitrogen and oxygen atoms in total. The zero-order chi connectivity index (χ0) is 22.0. The molecule has 4 rings (SSSR count). The second-order valence-corrected chi connectivity index (χ2v) is 8.91. The van der Waals surface area contributed by atoms with Gasteiger partial charge in [0.25, 0.3) is 0 Å². The van der Waals surface area contributed by atoms with Gasteiger partial charge >= 0.3 is 0 Å². The second kappa shape index (κ2) is 8.52. The number of ether oxygens (including phenoxy) is 2. The maximum Gasteiger partial charge on any atom is 0.247 e. The van der Waals surface area contributed by atoms with Gasteiger partial charge in [0.05, 0.1) is 14.2 Å². The molecule has 2 aromatic heterocycles. The highest BCUT2D eigenvalue weighted by Crippen LogP contribution is 2.31. The number of methoxy groups -OCH3 is 2. The number of aryl methyl sites for hydroxylation is 1. The average molecular weight is 445 g/mol. The molecule has 1 aromatic carbocycles. The lowest BCUT2D eigenvalue weighted by atomic mass is 10.3. The van der Waals surface area contributed by atoms with Gasteiger partial charge in [-0.15, -0.1) is 10.2 Å². The Hall–Kier alpha value is -3.18. The standard InChI is InChI=1S/C20H24N6O4S/c1-15-21-8-9-26(15)20-7-6-19(22-23-20)24-10-12-25(13-11-24)31(27,28)18-14-16(29-2)4-5-17(18)30-3/h4-9,14H,10-13H2,1-3H3. The van der Waals surface area contributed by atoms with Crippen LogP contribution in [0.3, 0.4) is 0 Å². The topological polar surface area (TPSA) is 103 Å². The van der Waals surface area contributed by atoms with Gasteiger partial charge in [-0.2, -0.15) is 4.31 Å². The number of hydrogen-bond acceptors (Lipinski definition) is 8. The molecular weight excluding hydrogens is 420 g/mol. The molecule has 0 radical (unpaired) electrons.